The number of alkyl halides is 3. The van der Waals surface area contributed by atoms with Crippen molar-refractivity contribution in [1.29, 1.82) is 0 Å². The molecule has 0 aliphatic carbocycles. The van der Waals surface area contributed by atoms with Crippen LogP contribution >= 0.6 is 15.9 Å². The molecule has 4 nitrogen and oxygen atoms in total. The van der Waals surface area contributed by atoms with Gasteiger partial charge in [0.1, 0.15) is 0 Å². The summed E-state index contributed by atoms with van der Waals surface area (Å²) in [4.78, 5) is 15.8. The Bertz CT molecular complexity index is 486. The highest BCUT2D eigenvalue weighted by molar-refractivity contribution is 9.10. The van der Waals surface area contributed by atoms with Crippen LogP contribution in [0.1, 0.15) is 6.42 Å². The van der Waals surface area contributed by atoms with Crippen molar-refractivity contribution in [2.75, 3.05) is 18.4 Å². The van der Waals surface area contributed by atoms with Crippen LogP contribution < -0.4 is 10.6 Å². The van der Waals surface area contributed by atoms with Crippen LogP contribution in [0.5, 0.6) is 0 Å². The van der Waals surface area contributed by atoms with Crippen molar-refractivity contribution in [1.82, 2.24) is 10.3 Å². The van der Waals surface area contributed by atoms with Crippen LogP contribution in [0, 0.1) is 5.41 Å². The lowest BCUT2D eigenvalue weighted by Crippen LogP contribution is -2.49. The highest BCUT2D eigenvalue weighted by atomic mass is 79.9. The number of nitrogens with one attached hydrogen (secondary N) is 2. The molecule has 2 rings (SSSR count). The zero-order valence-corrected chi connectivity index (χ0v) is 11.3. The van der Waals surface area contributed by atoms with Gasteiger partial charge < -0.3 is 10.6 Å². The number of halogens is 4. The number of nitrogens with zero attached hydrogens (tertiary/aromatic N) is 1. The summed E-state index contributed by atoms with van der Waals surface area (Å²) < 4.78 is 39.9. The summed E-state index contributed by atoms with van der Waals surface area (Å²) in [7, 11) is 0. The lowest BCUT2D eigenvalue weighted by Gasteiger charge is -2.29. The Morgan fingerprint density at radius 2 is 2.26 bits per heavy atom. The fourth-order valence-electron chi connectivity index (χ4n) is 1.97. The molecule has 0 saturated carbocycles. The van der Waals surface area contributed by atoms with Crippen LogP contribution in [0.3, 0.4) is 0 Å². The number of aromatic nitrogens is 1. The minimum absolute atomic E-state index is 0.171. The number of hydrogen-bond donors (Lipinski definition) is 2. The Morgan fingerprint density at radius 3 is 2.79 bits per heavy atom. The van der Waals surface area contributed by atoms with Crippen LogP contribution in [-0.4, -0.2) is 30.2 Å². The molecule has 19 heavy (non-hydrogen) atoms. The Balaban J connectivity index is 2.25. The molecule has 1 unspecified atom stereocenters. The molecule has 0 spiro atoms. The highest BCUT2D eigenvalue weighted by Gasteiger charge is 2.61. The zero-order chi connectivity index (χ0) is 14.1. The first-order valence-corrected chi connectivity index (χ1v) is 6.34. The summed E-state index contributed by atoms with van der Waals surface area (Å²) in [6, 6.07) is 1.44. The van der Waals surface area contributed by atoms with Crippen LogP contribution in [-0.2, 0) is 4.79 Å². The van der Waals surface area contributed by atoms with Gasteiger partial charge in [0, 0.05) is 18.9 Å². The van der Waals surface area contributed by atoms with Gasteiger partial charge in [-0.05, 0) is 35.0 Å². The van der Waals surface area contributed by atoms with Crippen molar-refractivity contribution < 1.29 is 18.0 Å². The van der Waals surface area contributed by atoms with Crippen molar-refractivity contribution in [2.45, 2.75) is 12.6 Å². The van der Waals surface area contributed by atoms with E-state index < -0.39 is 24.0 Å². The van der Waals surface area contributed by atoms with E-state index in [1.807, 2.05) is 0 Å². The molecule has 1 aromatic rings. The average molecular weight is 338 g/mol. The molecule has 104 valence electrons. The molecule has 1 saturated heterocycles. The van der Waals surface area contributed by atoms with Crippen LogP contribution in [0.15, 0.2) is 22.9 Å². The van der Waals surface area contributed by atoms with Crippen LogP contribution in [0.4, 0.5) is 18.9 Å². The maximum absolute atomic E-state index is 13.1. The molecular formula is C11H11BrF3N3O. The van der Waals surface area contributed by atoms with Gasteiger partial charge in [-0.1, -0.05) is 0 Å². The molecule has 0 bridgehead atoms. The van der Waals surface area contributed by atoms with E-state index in [2.05, 4.69) is 31.5 Å². The maximum atomic E-state index is 13.1. The summed E-state index contributed by atoms with van der Waals surface area (Å²) in [5.74, 6) is -1.04. The van der Waals surface area contributed by atoms with Gasteiger partial charge in [0.05, 0.1) is 10.2 Å². The van der Waals surface area contributed by atoms with E-state index in [0.29, 0.717) is 4.47 Å². The summed E-state index contributed by atoms with van der Waals surface area (Å²) in [6.45, 7) is -0.227. The zero-order valence-electron chi connectivity index (χ0n) is 9.72. The number of anilines is 1. The second kappa shape index (κ2) is 5.09. The van der Waals surface area contributed by atoms with Crippen molar-refractivity contribution in [2.24, 2.45) is 5.41 Å². The average Bonchev–Trinajstić information content (AvgIpc) is 2.82. The van der Waals surface area contributed by atoms with Gasteiger partial charge in [0.2, 0.25) is 5.91 Å². The topological polar surface area (TPSA) is 54.0 Å². The molecule has 1 aliphatic heterocycles. The van der Waals surface area contributed by atoms with Gasteiger partial charge in [-0.25, -0.2) is 0 Å². The predicted molar refractivity (Wildman–Crippen MR) is 66.5 cm³/mol. The highest BCUT2D eigenvalue weighted by Crippen LogP contribution is 2.44. The maximum Gasteiger partial charge on any atom is 0.404 e. The summed E-state index contributed by atoms with van der Waals surface area (Å²) >= 11 is 3.13. The van der Waals surface area contributed by atoms with Gasteiger partial charge in [-0.15, -0.1) is 0 Å². The fraction of sp³-hybridized carbons (Fsp3) is 0.455. The Kier molecular flexibility index (Phi) is 3.82. The van der Waals surface area contributed by atoms with Crippen molar-refractivity contribution in [3.63, 3.8) is 0 Å². The Morgan fingerprint density at radius 1 is 1.53 bits per heavy atom. The molecule has 0 aromatic carbocycles. The lowest BCUT2D eigenvalue weighted by atomic mass is 9.85. The molecule has 1 fully saturated rings. The molecule has 2 heterocycles. The second-order valence-corrected chi connectivity index (χ2v) is 5.17. The quantitative estimate of drug-likeness (QED) is 0.870. The van der Waals surface area contributed by atoms with Crippen molar-refractivity contribution in [3.05, 3.63) is 22.9 Å². The first kappa shape index (κ1) is 14.3. The number of carbonyl (C=O) groups is 1. The van der Waals surface area contributed by atoms with E-state index in [1.54, 1.807) is 0 Å². The van der Waals surface area contributed by atoms with E-state index in [0.717, 1.165) is 0 Å². The molecule has 1 aliphatic rings. The third-order valence-electron chi connectivity index (χ3n) is 3.15. The van der Waals surface area contributed by atoms with E-state index in [4.69, 9.17) is 0 Å². The summed E-state index contributed by atoms with van der Waals surface area (Å²) in [6.07, 6.45) is -2.04. The second-order valence-electron chi connectivity index (χ2n) is 4.32. The van der Waals surface area contributed by atoms with E-state index in [1.165, 1.54) is 18.5 Å². The first-order valence-electron chi connectivity index (χ1n) is 5.55. The van der Waals surface area contributed by atoms with Gasteiger partial charge in [-0.3, -0.25) is 9.78 Å². The summed E-state index contributed by atoms with van der Waals surface area (Å²) in [5.41, 5.74) is -2.09. The van der Waals surface area contributed by atoms with Gasteiger partial charge in [-0.2, -0.15) is 13.2 Å². The molecule has 0 radical (unpaired) electrons. The Labute approximate surface area is 115 Å². The normalized spacial score (nSPS) is 23.4. The van der Waals surface area contributed by atoms with Crippen molar-refractivity contribution in [3.8, 4) is 0 Å². The molecule has 8 heteroatoms. The smallest absolute Gasteiger partial charge is 0.324 e. The van der Waals surface area contributed by atoms with E-state index >= 15 is 0 Å². The molecular weight excluding hydrogens is 327 g/mol. The Hall–Kier alpha value is -1.15. The molecule has 2 N–H and O–H groups in total. The standard InChI is InChI=1S/C11H11BrF3N3O/c12-7-5-16-3-1-8(7)18-9(19)10(11(13,14)15)2-4-17-6-10/h1,3,5,17H,2,4,6H2,(H,16,18,19). The molecule has 1 atom stereocenters. The molecule has 1 amide bonds. The monoisotopic (exact) mass is 337 g/mol. The van der Waals surface area contributed by atoms with Gasteiger partial charge in [0.25, 0.3) is 0 Å². The van der Waals surface area contributed by atoms with Gasteiger partial charge >= 0.3 is 6.18 Å². The van der Waals surface area contributed by atoms with E-state index in [9.17, 15) is 18.0 Å². The number of pyridine rings is 1. The third-order valence-corrected chi connectivity index (χ3v) is 3.79. The largest absolute Gasteiger partial charge is 0.404 e. The first-order chi connectivity index (χ1) is 8.87. The number of amides is 1. The fourth-order valence-corrected chi connectivity index (χ4v) is 2.32. The summed E-state index contributed by atoms with van der Waals surface area (Å²) in [5, 5.41) is 4.91. The minimum atomic E-state index is -4.58. The predicted octanol–water partition coefficient (Wildman–Crippen LogP) is 2.32. The SMILES string of the molecule is O=C(Nc1ccncc1Br)C1(C(F)(F)F)CCNC1. The lowest BCUT2D eigenvalue weighted by molar-refractivity contribution is -0.213. The van der Waals surface area contributed by atoms with E-state index in [-0.39, 0.29) is 18.7 Å². The van der Waals surface area contributed by atoms with Gasteiger partial charge in [0.15, 0.2) is 5.41 Å². The van der Waals surface area contributed by atoms with Crippen molar-refractivity contribution >= 4 is 27.5 Å². The van der Waals surface area contributed by atoms with Crippen LogP contribution in [0.25, 0.3) is 0 Å². The number of carbonyl (C=O) groups excluding carboxylic acids is 1. The number of rotatable bonds is 2. The molecule has 1 aromatic heterocycles. The third kappa shape index (κ3) is 2.59. The minimum Gasteiger partial charge on any atom is -0.324 e. The number of hydrogen-bond acceptors (Lipinski definition) is 3. The van der Waals surface area contributed by atoms with Crippen LogP contribution in [0.2, 0.25) is 0 Å².